The second kappa shape index (κ2) is 8.24. The summed E-state index contributed by atoms with van der Waals surface area (Å²) < 4.78 is 0.441. The smallest absolute Gasteiger partial charge is 0.0276 e. The minimum absolute atomic E-state index is 0.441. The maximum absolute atomic E-state index is 3.87. The van der Waals surface area contributed by atoms with E-state index in [9.17, 15) is 0 Å². The molecular weight excluding hydrogens is 274 g/mol. The van der Waals surface area contributed by atoms with E-state index in [0.29, 0.717) is 4.75 Å². The van der Waals surface area contributed by atoms with Crippen LogP contribution in [0, 0.1) is 0 Å². The Hall–Kier alpha value is -0.470. The standard InChI is InChI=1S/C19H31NS/c1-4-19(5-2,21-3)15-20-18-13-11-17(12-14-18)16-9-7-6-8-10-16/h6-10,17-18,20H,4-5,11-15H2,1-3H3. The maximum Gasteiger partial charge on any atom is 0.0276 e. The van der Waals surface area contributed by atoms with Gasteiger partial charge in [-0.15, -0.1) is 0 Å². The molecule has 0 atom stereocenters. The lowest BCUT2D eigenvalue weighted by Gasteiger charge is -2.35. The molecule has 0 amide bonds. The van der Waals surface area contributed by atoms with Gasteiger partial charge in [-0.05, 0) is 56.3 Å². The third kappa shape index (κ3) is 4.50. The fourth-order valence-corrected chi connectivity index (χ4v) is 4.35. The van der Waals surface area contributed by atoms with Crippen molar-refractivity contribution in [3.63, 3.8) is 0 Å². The van der Waals surface area contributed by atoms with Crippen LogP contribution in [0.2, 0.25) is 0 Å². The van der Waals surface area contributed by atoms with E-state index in [4.69, 9.17) is 0 Å². The number of hydrogen-bond donors (Lipinski definition) is 1. The summed E-state index contributed by atoms with van der Waals surface area (Å²) >= 11 is 2.04. The SMILES string of the molecule is CCC(CC)(CNC1CCC(c2ccccc2)CC1)SC. The molecule has 0 aliphatic heterocycles. The summed E-state index contributed by atoms with van der Waals surface area (Å²) in [6, 6.07) is 11.8. The first-order chi connectivity index (χ1) is 10.2. The van der Waals surface area contributed by atoms with Crippen molar-refractivity contribution >= 4 is 11.8 Å². The molecule has 0 heterocycles. The Morgan fingerprint density at radius 1 is 1.05 bits per heavy atom. The maximum atomic E-state index is 3.87. The predicted octanol–water partition coefficient (Wildman–Crippen LogP) is 5.22. The van der Waals surface area contributed by atoms with Gasteiger partial charge in [-0.1, -0.05) is 44.2 Å². The van der Waals surface area contributed by atoms with E-state index < -0.39 is 0 Å². The van der Waals surface area contributed by atoms with Gasteiger partial charge in [0.1, 0.15) is 0 Å². The Kier molecular flexibility index (Phi) is 6.63. The van der Waals surface area contributed by atoms with Gasteiger partial charge in [-0.3, -0.25) is 0 Å². The molecule has 0 saturated heterocycles. The number of thioether (sulfide) groups is 1. The van der Waals surface area contributed by atoms with E-state index in [-0.39, 0.29) is 0 Å². The van der Waals surface area contributed by atoms with Gasteiger partial charge < -0.3 is 5.32 Å². The first-order valence-electron chi connectivity index (χ1n) is 8.56. The molecule has 2 rings (SSSR count). The van der Waals surface area contributed by atoms with E-state index >= 15 is 0 Å². The van der Waals surface area contributed by atoms with Crippen LogP contribution in [-0.2, 0) is 0 Å². The average Bonchev–Trinajstić information content (AvgIpc) is 2.58. The summed E-state index contributed by atoms with van der Waals surface area (Å²) in [5.41, 5.74) is 1.54. The van der Waals surface area contributed by atoms with E-state index in [0.717, 1.165) is 12.0 Å². The Morgan fingerprint density at radius 3 is 2.19 bits per heavy atom. The minimum atomic E-state index is 0.441. The molecule has 0 unspecified atom stereocenters. The fraction of sp³-hybridized carbons (Fsp3) is 0.684. The van der Waals surface area contributed by atoms with Crippen molar-refractivity contribution < 1.29 is 0 Å². The summed E-state index contributed by atoms with van der Waals surface area (Å²) in [7, 11) is 0. The third-order valence-corrected chi connectivity index (χ3v) is 7.02. The lowest BCUT2D eigenvalue weighted by Crippen LogP contribution is -2.43. The quantitative estimate of drug-likeness (QED) is 0.741. The normalized spacial score (nSPS) is 23.2. The highest BCUT2D eigenvalue weighted by molar-refractivity contribution is 8.00. The molecule has 1 nitrogen and oxygen atoms in total. The highest BCUT2D eigenvalue weighted by Gasteiger charge is 2.27. The van der Waals surface area contributed by atoms with Gasteiger partial charge in [0.15, 0.2) is 0 Å². The molecule has 0 spiro atoms. The van der Waals surface area contributed by atoms with Gasteiger partial charge in [0.25, 0.3) is 0 Å². The van der Waals surface area contributed by atoms with E-state index in [2.05, 4.69) is 55.8 Å². The zero-order chi connectivity index (χ0) is 15.1. The van der Waals surface area contributed by atoms with Gasteiger partial charge in [0, 0.05) is 17.3 Å². The monoisotopic (exact) mass is 305 g/mol. The number of hydrogen-bond acceptors (Lipinski definition) is 2. The first kappa shape index (κ1) is 16.9. The molecule has 2 heteroatoms. The van der Waals surface area contributed by atoms with Crippen LogP contribution in [0.3, 0.4) is 0 Å². The van der Waals surface area contributed by atoms with Crippen molar-refractivity contribution in [1.29, 1.82) is 0 Å². The number of nitrogens with one attached hydrogen (secondary N) is 1. The average molecular weight is 306 g/mol. The summed E-state index contributed by atoms with van der Waals surface area (Å²) in [6.45, 7) is 5.82. The molecule has 1 saturated carbocycles. The lowest BCUT2D eigenvalue weighted by atomic mass is 9.81. The zero-order valence-electron chi connectivity index (χ0n) is 13.9. The first-order valence-corrected chi connectivity index (χ1v) is 9.79. The van der Waals surface area contributed by atoms with E-state index in [1.807, 2.05) is 11.8 Å². The van der Waals surface area contributed by atoms with Crippen LogP contribution in [-0.4, -0.2) is 23.6 Å². The van der Waals surface area contributed by atoms with Crippen LogP contribution >= 0.6 is 11.8 Å². The second-order valence-corrected chi connectivity index (χ2v) is 7.71. The highest BCUT2D eigenvalue weighted by Crippen LogP contribution is 2.34. The van der Waals surface area contributed by atoms with Crippen LogP contribution in [0.15, 0.2) is 30.3 Å². The summed E-state index contributed by atoms with van der Waals surface area (Å²) in [5.74, 6) is 0.784. The van der Waals surface area contributed by atoms with Crippen molar-refractivity contribution in [2.45, 2.75) is 69.1 Å². The molecule has 118 valence electrons. The molecular formula is C19H31NS. The molecule has 1 aromatic carbocycles. The Bertz CT molecular complexity index is 383. The van der Waals surface area contributed by atoms with E-state index in [1.54, 1.807) is 0 Å². The van der Waals surface area contributed by atoms with Gasteiger partial charge in [0.05, 0.1) is 0 Å². The van der Waals surface area contributed by atoms with Gasteiger partial charge >= 0.3 is 0 Å². The molecule has 1 aromatic rings. The van der Waals surface area contributed by atoms with Gasteiger partial charge in [-0.2, -0.15) is 11.8 Å². The van der Waals surface area contributed by atoms with Crippen LogP contribution in [0.25, 0.3) is 0 Å². The van der Waals surface area contributed by atoms with Gasteiger partial charge in [0.2, 0.25) is 0 Å². The van der Waals surface area contributed by atoms with Crippen LogP contribution < -0.4 is 5.32 Å². The van der Waals surface area contributed by atoms with Crippen molar-refractivity contribution in [3.05, 3.63) is 35.9 Å². The zero-order valence-corrected chi connectivity index (χ0v) is 14.7. The number of benzene rings is 1. The van der Waals surface area contributed by atoms with Crippen molar-refractivity contribution in [2.75, 3.05) is 12.8 Å². The molecule has 0 radical (unpaired) electrons. The van der Waals surface area contributed by atoms with E-state index in [1.165, 1.54) is 50.6 Å². The molecule has 1 fully saturated rings. The molecule has 0 aromatic heterocycles. The Balaban J connectivity index is 1.79. The largest absolute Gasteiger partial charge is 0.313 e. The topological polar surface area (TPSA) is 12.0 Å². The van der Waals surface area contributed by atoms with Crippen molar-refractivity contribution in [1.82, 2.24) is 5.32 Å². The predicted molar refractivity (Wildman–Crippen MR) is 96.3 cm³/mol. The fourth-order valence-electron chi connectivity index (χ4n) is 3.55. The van der Waals surface area contributed by atoms with Crippen LogP contribution in [0.5, 0.6) is 0 Å². The Morgan fingerprint density at radius 2 is 1.67 bits per heavy atom. The second-order valence-electron chi connectivity index (χ2n) is 6.43. The van der Waals surface area contributed by atoms with Crippen molar-refractivity contribution in [2.24, 2.45) is 0 Å². The minimum Gasteiger partial charge on any atom is -0.313 e. The molecule has 1 aliphatic rings. The lowest BCUT2D eigenvalue weighted by molar-refractivity contribution is 0.327. The van der Waals surface area contributed by atoms with Crippen molar-refractivity contribution in [3.8, 4) is 0 Å². The summed E-state index contributed by atoms with van der Waals surface area (Å²) in [5, 5.41) is 3.87. The number of rotatable bonds is 7. The van der Waals surface area contributed by atoms with Crippen LogP contribution in [0.4, 0.5) is 0 Å². The summed E-state index contributed by atoms with van der Waals surface area (Å²) in [4.78, 5) is 0. The third-order valence-electron chi connectivity index (χ3n) is 5.43. The van der Waals surface area contributed by atoms with Crippen LogP contribution in [0.1, 0.15) is 63.9 Å². The molecule has 1 aliphatic carbocycles. The Labute approximate surface area is 135 Å². The molecule has 1 N–H and O–H groups in total. The molecule has 21 heavy (non-hydrogen) atoms. The molecule has 0 bridgehead atoms. The summed E-state index contributed by atoms with van der Waals surface area (Å²) in [6.07, 6.45) is 10.1. The van der Waals surface area contributed by atoms with Gasteiger partial charge in [-0.25, -0.2) is 0 Å². The highest BCUT2D eigenvalue weighted by atomic mass is 32.2.